The van der Waals surface area contributed by atoms with Gasteiger partial charge in [-0.2, -0.15) is 11.8 Å². The molecule has 0 amide bonds. The van der Waals surface area contributed by atoms with Crippen LogP contribution in [0.1, 0.15) is 31.2 Å². The average molecular weight is 314 g/mol. The lowest BCUT2D eigenvalue weighted by atomic mass is 10.1. The summed E-state index contributed by atoms with van der Waals surface area (Å²) in [5, 5.41) is 4.21. The number of halogens is 1. The number of fused-ring (bicyclic) bond motifs is 1. The van der Waals surface area contributed by atoms with Crippen LogP contribution in [0.2, 0.25) is 5.02 Å². The SMILES string of the molecule is CSC1(CNCc2cc(Cl)c3c(c2)OCO3)CCCC1. The molecule has 2 aliphatic rings. The number of ether oxygens (including phenoxy) is 2. The minimum Gasteiger partial charge on any atom is -0.454 e. The highest BCUT2D eigenvalue weighted by molar-refractivity contribution is 8.00. The molecule has 1 aromatic rings. The monoisotopic (exact) mass is 313 g/mol. The molecule has 0 spiro atoms. The van der Waals surface area contributed by atoms with Gasteiger partial charge in [0.15, 0.2) is 11.5 Å². The molecule has 0 bridgehead atoms. The van der Waals surface area contributed by atoms with Crippen LogP contribution >= 0.6 is 23.4 Å². The van der Waals surface area contributed by atoms with Gasteiger partial charge < -0.3 is 14.8 Å². The molecule has 3 nitrogen and oxygen atoms in total. The molecule has 1 aliphatic heterocycles. The Morgan fingerprint density at radius 3 is 2.85 bits per heavy atom. The van der Waals surface area contributed by atoms with E-state index in [0.29, 0.717) is 15.5 Å². The van der Waals surface area contributed by atoms with Crippen LogP contribution in [-0.4, -0.2) is 24.3 Å². The smallest absolute Gasteiger partial charge is 0.231 e. The summed E-state index contributed by atoms with van der Waals surface area (Å²) in [4.78, 5) is 0. The fourth-order valence-corrected chi connectivity index (χ4v) is 4.26. The Labute approximate surface area is 129 Å². The second-order valence-electron chi connectivity index (χ2n) is 5.51. The van der Waals surface area contributed by atoms with Crippen molar-refractivity contribution in [1.82, 2.24) is 5.32 Å². The first-order valence-electron chi connectivity index (χ1n) is 7.06. The van der Waals surface area contributed by atoms with Crippen molar-refractivity contribution in [1.29, 1.82) is 0 Å². The molecule has 1 aromatic carbocycles. The molecule has 0 aromatic heterocycles. The first kappa shape index (κ1) is 14.4. The molecule has 3 rings (SSSR count). The van der Waals surface area contributed by atoms with Crippen molar-refractivity contribution in [3.05, 3.63) is 22.7 Å². The summed E-state index contributed by atoms with van der Waals surface area (Å²) < 4.78 is 11.2. The molecule has 0 unspecified atom stereocenters. The van der Waals surface area contributed by atoms with Gasteiger partial charge in [-0.05, 0) is 36.8 Å². The molecule has 1 heterocycles. The Kier molecular flexibility index (Phi) is 4.34. The number of hydrogen-bond donors (Lipinski definition) is 1. The molecule has 0 radical (unpaired) electrons. The van der Waals surface area contributed by atoms with Crippen LogP contribution in [0.25, 0.3) is 0 Å². The normalized spacial score (nSPS) is 19.5. The zero-order valence-electron chi connectivity index (χ0n) is 11.7. The Morgan fingerprint density at radius 2 is 2.10 bits per heavy atom. The van der Waals surface area contributed by atoms with Gasteiger partial charge in [0, 0.05) is 17.8 Å². The van der Waals surface area contributed by atoms with Gasteiger partial charge in [-0.15, -0.1) is 0 Å². The quantitative estimate of drug-likeness (QED) is 0.895. The van der Waals surface area contributed by atoms with E-state index in [9.17, 15) is 0 Å². The van der Waals surface area contributed by atoms with Crippen molar-refractivity contribution < 1.29 is 9.47 Å². The van der Waals surface area contributed by atoms with Gasteiger partial charge in [0.05, 0.1) is 5.02 Å². The number of benzene rings is 1. The van der Waals surface area contributed by atoms with Crippen molar-refractivity contribution in [2.45, 2.75) is 37.0 Å². The lowest BCUT2D eigenvalue weighted by Crippen LogP contribution is -2.34. The van der Waals surface area contributed by atoms with Gasteiger partial charge in [0.1, 0.15) is 0 Å². The lowest BCUT2D eigenvalue weighted by Gasteiger charge is -2.27. The third-order valence-electron chi connectivity index (χ3n) is 4.21. The van der Waals surface area contributed by atoms with E-state index in [4.69, 9.17) is 21.1 Å². The van der Waals surface area contributed by atoms with Crippen LogP contribution in [0.4, 0.5) is 0 Å². The van der Waals surface area contributed by atoms with E-state index in [2.05, 4.69) is 11.6 Å². The van der Waals surface area contributed by atoms with E-state index < -0.39 is 0 Å². The fraction of sp³-hybridized carbons (Fsp3) is 0.600. The molecule has 5 heteroatoms. The second-order valence-corrected chi connectivity index (χ2v) is 7.19. The van der Waals surface area contributed by atoms with Crippen LogP contribution in [0.15, 0.2) is 12.1 Å². The molecule has 20 heavy (non-hydrogen) atoms. The Hall–Kier alpha value is -0.580. The largest absolute Gasteiger partial charge is 0.454 e. The summed E-state index contributed by atoms with van der Waals surface area (Å²) in [5.74, 6) is 1.43. The van der Waals surface area contributed by atoms with Gasteiger partial charge >= 0.3 is 0 Å². The van der Waals surface area contributed by atoms with Crippen LogP contribution in [0.5, 0.6) is 11.5 Å². The Bertz CT molecular complexity index is 489. The minimum absolute atomic E-state index is 0.265. The summed E-state index contributed by atoms with van der Waals surface area (Å²) >= 11 is 8.20. The maximum Gasteiger partial charge on any atom is 0.231 e. The van der Waals surface area contributed by atoms with E-state index >= 15 is 0 Å². The highest BCUT2D eigenvalue weighted by Crippen LogP contribution is 2.41. The predicted octanol–water partition coefficient (Wildman–Crippen LogP) is 3.83. The standard InChI is InChI=1S/C15H20ClNO2S/c1-20-15(4-2-3-5-15)9-17-8-11-6-12(16)14-13(7-11)18-10-19-14/h6-7,17H,2-5,8-10H2,1H3. The van der Waals surface area contributed by atoms with E-state index in [-0.39, 0.29) is 6.79 Å². The van der Waals surface area contributed by atoms with Crippen molar-refractivity contribution >= 4 is 23.4 Å². The summed E-state index contributed by atoms with van der Waals surface area (Å²) in [5.41, 5.74) is 1.15. The molecular formula is C15H20ClNO2S. The molecule has 1 aliphatic carbocycles. The van der Waals surface area contributed by atoms with Gasteiger partial charge in [0.2, 0.25) is 6.79 Å². The van der Waals surface area contributed by atoms with Crippen LogP contribution in [-0.2, 0) is 6.54 Å². The topological polar surface area (TPSA) is 30.5 Å². The van der Waals surface area contributed by atoms with Gasteiger partial charge in [0.25, 0.3) is 0 Å². The first-order chi connectivity index (χ1) is 9.72. The second kappa shape index (κ2) is 6.04. The Morgan fingerprint density at radius 1 is 1.30 bits per heavy atom. The highest BCUT2D eigenvalue weighted by Gasteiger charge is 2.32. The molecule has 1 fully saturated rings. The van der Waals surface area contributed by atoms with E-state index in [1.165, 1.54) is 25.7 Å². The third kappa shape index (κ3) is 2.87. The van der Waals surface area contributed by atoms with Crippen molar-refractivity contribution in [3.63, 3.8) is 0 Å². The minimum atomic E-state index is 0.265. The Balaban J connectivity index is 1.60. The summed E-state index contributed by atoms with van der Waals surface area (Å²) in [7, 11) is 0. The van der Waals surface area contributed by atoms with Crippen molar-refractivity contribution in [2.24, 2.45) is 0 Å². The molecule has 110 valence electrons. The van der Waals surface area contributed by atoms with Gasteiger partial charge in [-0.1, -0.05) is 24.4 Å². The number of thioether (sulfide) groups is 1. The molecule has 1 N–H and O–H groups in total. The third-order valence-corrected chi connectivity index (χ3v) is 5.91. The summed E-state index contributed by atoms with van der Waals surface area (Å²) in [6.07, 6.45) is 7.59. The molecule has 1 saturated carbocycles. The number of nitrogens with one attached hydrogen (secondary N) is 1. The number of hydrogen-bond acceptors (Lipinski definition) is 4. The van der Waals surface area contributed by atoms with Crippen LogP contribution < -0.4 is 14.8 Å². The maximum absolute atomic E-state index is 6.20. The summed E-state index contributed by atoms with van der Waals surface area (Å²) in [6, 6.07) is 3.98. The van der Waals surface area contributed by atoms with Crippen molar-refractivity contribution in [2.75, 3.05) is 19.6 Å². The van der Waals surface area contributed by atoms with Crippen molar-refractivity contribution in [3.8, 4) is 11.5 Å². The lowest BCUT2D eigenvalue weighted by molar-refractivity contribution is 0.174. The van der Waals surface area contributed by atoms with E-state index in [0.717, 1.165) is 24.4 Å². The van der Waals surface area contributed by atoms with Crippen LogP contribution in [0.3, 0.4) is 0 Å². The number of rotatable bonds is 5. The first-order valence-corrected chi connectivity index (χ1v) is 8.67. The van der Waals surface area contributed by atoms with Crippen LogP contribution in [0, 0.1) is 0 Å². The molecular weight excluding hydrogens is 294 g/mol. The van der Waals surface area contributed by atoms with E-state index in [1.54, 1.807) is 0 Å². The summed E-state index contributed by atoms with van der Waals surface area (Å²) in [6.45, 7) is 2.14. The van der Waals surface area contributed by atoms with Gasteiger partial charge in [-0.25, -0.2) is 0 Å². The zero-order chi connectivity index (χ0) is 14.0. The van der Waals surface area contributed by atoms with E-state index in [1.807, 2.05) is 23.9 Å². The molecule has 0 saturated heterocycles. The predicted molar refractivity (Wildman–Crippen MR) is 84.0 cm³/mol. The zero-order valence-corrected chi connectivity index (χ0v) is 13.3. The fourth-order valence-electron chi connectivity index (χ4n) is 3.03. The average Bonchev–Trinajstić information content (AvgIpc) is 3.08. The maximum atomic E-state index is 6.20. The highest BCUT2D eigenvalue weighted by atomic mass is 35.5. The molecule has 0 atom stereocenters. The van der Waals surface area contributed by atoms with Gasteiger partial charge in [-0.3, -0.25) is 0 Å².